The first kappa shape index (κ1) is 24.7. The topological polar surface area (TPSA) is 55.8 Å². The van der Waals surface area contributed by atoms with Crippen molar-refractivity contribution in [3.63, 3.8) is 0 Å². The zero-order chi connectivity index (χ0) is 26.2. The molecule has 1 atom stereocenters. The van der Waals surface area contributed by atoms with Crippen molar-refractivity contribution in [1.82, 2.24) is 14.9 Å². The van der Waals surface area contributed by atoms with Crippen LogP contribution in [0.2, 0.25) is 0 Å². The summed E-state index contributed by atoms with van der Waals surface area (Å²) in [5.74, 6) is 1.06. The Morgan fingerprint density at radius 1 is 0.842 bits per heavy atom. The van der Waals surface area contributed by atoms with Gasteiger partial charge in [0.1, 0.15) is 17.0 Å². The first-order valence-corrected chi connectivity index (χ1v) is 14.2. The van der Waals surface area contributed by atoms with Gasteiger partial charge in [0.15, 0.2) is 0 Å². The maximum atomic E-state index is 13.8. The summed E-state index contributed by atoms with van der Waals surface area (Å²) in [6, 6.07) is 19.5. The maximum Gasteiger partial charge on any atom is 0.264 e. The SMILES string of the molecule is Cc1ccc(N2CCN(C(=O)c3sc4ncnc(N5CCN(c6ccccc6)CC5)c4c3C)C[C@H]2C)cc1. The summed E-state index contributed by atoms with van der Waals surface area (Å²) in [6.07, 6.45) is 1.65. The monoisotopic (exact) mass is 526 g/mol. The minimum Gasteiger partial charge on any atom is -0.368 e. The first-order chi connectivity index (χ1) is 18.5. The number of piperazine rings is 2. The minimum atomic E-state index is 0.112. The number of benzene rings is 2. The second-order valence-electron chi connectivity index (χ2n) is 10.4. The molecule has 2 aliphatic rings. The van der Waals surface area contributed by atoms with Crippen LogP contribution in [-0.4, -0.2) is 72.6 Å². The predicted molar refractivity (Wildman–Crippen MR) is 157 cm³/mol. The second kappa shape index (κ2) is 10.3. The highest BCUT2D eigenvalue weighted by Gasteiger charge is 2.31. The molecule has 0 aliphatic carbocycles. The van der Waals surface area contributed by atoms with Gasteiger partial charge in [-0.2, -0.15) is 0 Å². The Hall–Kier alpha value is -3.65. The molecule has 2 aromatic heterocycles. The highest BCUT2D eigenvalue weighted by Crippen LogP contribution is 2.36. The molecule has 1 amide bonds. The van der Waals surface area contributed by atoms with E-state index in [0.29, 0.717) is 13.1 Å². The Morgan fingerprint density at radius 2 is 1.55 bits per heavy atom. The van der Waals surface area contributed by atoms with E-state index in [4.69, 9.17) is 4.98 Å². The van der Waals surface area contributed by atoms with Crippen LogP contribution in [0.4, 0.5) is 17.2 Å². The number of rotatable bonds is 4. The smallest absolute Gasteiger partial charge is 0.264 e. The average molecular weight is 527 g/mol. The van der Waals surface area contributed by atoms with Crippen LogP contribution in [0.1, 0.15) is 27.7 Å². The van der Waals surface area contributed by atoms with E-state index in [1.807, 2.05) is 4.90 Å². The molecular weight excluding hydrogens is 492 g/mol. The lowest BCUT2D eigenvalue weighted by atomic mass is 10.1. The van der Waals surface area contributed by atoms with Crippen molar-refractivity contribution in [1.29, 1.82) is 0 Å². The van der Waals surface area contributed by atoms with Gasteiger partial charge in [0.2, 0.25) is 0 Å². The summed E-state index contributed by atoms with van der Waals surface area (Å²) >= 11 is 1.51. The fraction of sp³-hybridized carbons (Fsp3) is 0.367. The number of fused-ring (bicyclic) bond motifs is 1. The number of aryl methyl sites for hydroxylation is 2. The summed E-state index contributed by atoms with van der Waals surface area (Å²) in [7, 11) is 0. The Kier molecular flexibility index (Phi) is 6.66. The summed E-state index contributed by atoms with van der Waals surface area (Å²) in [5.41, 5.74) is 4.75. The Balaban J connectivity index is 1.19. The largest absolute Gasteiger partial charge is 0.368 e. The van der Waals surface area contributed by atoms with Gasteiger partial charge in [-0.1, -0.05) is 35.9 Å². The molecule has 196 valence electrons. The molecule has 8 heteroatoms. The van der Waals surface area contributed by atoms with Crippen LogP contribution in [0.15, 0.2) is 60.9 Å². The Morgan fingerprint density at radius 3 is 2.26 bits per heavy atom. The predicted octanol–water partition coefficient (Wildman–Crippen LogP) is 4.99. The molecule has 0 saturated carbocycles. The quantitative estimate of drug-likeness (QED) is 0.374. The molecule has 2 saturated heterocycles. The van der Waals surface area contributed by atoms with Crippen molar-refractivity contribution in [3.8, 4) is 0 Å². The van der Waals surface area contributed by atoms with Crippen molar-refractivity contribution in [2.45, 2.75) is 26.8 Å². The van der Waals surface area contributed by atoms with Gasteiger partial charge in [0, 0.05) is 63.2 Å². The zero-order valence-electron chi connectivity index (χ0n) is 22.3. The number of hydrogen-bond acceptors (Lipinski definition) is 7. The lowest BCUT2D eigenvalue weighted by Gasteiger charge is -2.41. The van der Waals surface area contributed by atoms with Crippen LogP contribution in [-0.2, 0) is 0 Å². The molecule has 2 aliphatic heterocycles. The third-order valence-corrected chi connectivity index (χ3v) is 9.07. The molecule has 0 N–H and O–H groups in total. The van der Waals surface area contributed by atoms with Crippen LogP contribution in [0, 0.1) is 13.8 Å². The highest BCUT2D eigenvalue weighted by molar-refractivity contribution is 7.20. The van der Waals surface area contributed by atoms with E-state index in [1.54, 1.807) is 6.33 Å². The number of amides is 1. The molecule has 7 nitrogen and oxygen atoms in total. The van der Waals surface area contributed by atoms with E-state index < -0.39 is 0 Å². The van der Waals surface area contributed by atoms with E-state index in [-0.39, 0.29) is 11.9 Å². The Bertz CT molecular complexity index is 1430. The highest BCUT2D eigenvalue weighted by atomic mass is 32.1. The van der Waals surface area contributed by atoms with E-state index >= 15 is 0 Å². The van der Waals surface area contributed by atoms with Gasteiger partial charge in [-0.05, 0) is 50.6 Å². The standard InChI is InChI=1S/C30H34N6OS/c1-21-9-11-25(12-10-21)36-18-17-35(19-22(36)2)30(37)27-23(3)26-28(31-20-32-29(26)38-27)34-15-13-33(14-16-34)24-7-5-4-6-8-24/h4-12,20,22H,13-19H2,1-3H3/t22-/m1/s1. The van der Waals surface area contributed by atoms with Crippen LogP contribution in [0.25, 0.3) is 10.2 Å². The average Bonchev–Trinajstić information content (AvgIpc) is 3.30. The molecule has 0 radical (unpaired) electrons. The van der Waals surface area contributed by atoms with Crippen molar-refractivity contribution >= 4 is 44.7 Å². The molecule has 0 unspecified atom stereocenters. The van der Waals surface area contributed by atoms with Crippen molar-refractivity contribution in [3.05, 3.63) is 76.9 Å². The molecule has 2 aromatic carbocycles. The molecule has 2 fully saturated rings. The molecule has 0 bridgehead atoms. The van der Waals surface area contributed by atoms with Gasteiger partial charge < -0.3 is 19.6 Å². The summed E-state index contributed by atoms with van der Waals surface area (Å²) < 4.78 is 0. The fourth-order valence-electron chi connectivity index (χ4n) is 5.72. The Labute approximate surface area is 228 Å². The molecule has 4 aromatic rings. The molecule has 4 heterocycles. The van der Waals surface area contributed by atoms with Crippen LogP contribution in [0.3, 0.4) is 0 Å². The van der Waals surface area contributed by atoms with Gasteiger partial charge in [-0.3, -0.25) is 4.79 Å². The molecule has 0 spiro atoms. The number of anilines is 3. The van der Waals surface area contributed by atoms with Gasteiger partial charge in [0.05, 0.1) is 10.3 Å². The first-order valence-electron chi connectivity index (χ1n) is 13.4. The summed E-state index contributed by atoms with van der Waals surface area (Å²) in [6.45, 7) is 12.3. The number of carbonyl (C=O) groups excluding carboxylic acids is 1. The molecular formula is C30H34N6OS. The number of para-hydroxylation sites is 1. The summed E-state index contributed by atoms with van der Waals surface area (Å²) in [5, 5.41) is 1.03. The lowest BCUT2D eigenvalue weighted by Crippen LogP contribution is -2.53. The molecule has 6 rings (SSSR count). The van der Waals surface area contributed by atoms with Crippen LogP contribution in [0.5, 0.6) is 0 Å². The minimum absolute atomic E-state index is 0.112. The third-order valence-electron chi connectivity index (χ3n) is 7.88. The van der Waals surface area contributed by atoms with E-state index in [0.717, 1.165) is 59.2 Å². The normalized spacial score (nSPS) is 18.3. The van der Waals surface area contributed by atoms with Gasteiger partial charge in [-0.25, -0.2) is 9.97 Å². The van der Waals surface area contributed by atoms with Gasteiger partial charge >= 0.3 is 0 Å². The number of nitrogens with zero attached hydrogens (tertiary/aromatic N) is 6. The van der Waals surface area contributed by atoms with Gasteiger partial charge in [-0.15, -0.1) is 11.3 Å². The zero-order valence-corrected chi connectivity index (χ0v) is 23.1. The third kappa shape index (κ3) is 4.58. The maximum absolute atomic E-state index is 13.8. The van der Waals surface area contributed by atoms with Crippen molar-refractivity contribution in [2.75, 3.05) is 60.5 Å². The lowest BCUT2D eigenvalue weighted by molar-refractivity contribution is 0.0730. The fourth-order valence-corrected chi connectivity index (χ4v) is 6.83. The van der Waals surface area contributed by atoms with Crippen molar-refractivity contribution in [2.24, 2.45) is 0 Å². The van der Waals surface area contributed by atoms with E-state index in [9.17, 15) is 4.79 Å². The number of carbonyl (C=O) groups is 1. The van der Waals surface area contributed by atoms with Gasteiger partial charge in [0.25, 0.3) is 5.91 Å². The van der Waals surface area contributed by atoms with Crippen LogP contribution >= 0.6 is 11.3 Å². The molecule has 38 heavy (non-hydrogen) atoms. The summed E-state index contributed by atoms with van der Waals surface area (Å²) in [4.78, 5) is 33.9. The van der Waals surface area contributed by atoms with Crippen LogP contribution < -0.4 is 14.7 Å². The van der Waals surface area contributed by atoms with E-state index in [1.165, 1.54) is 28.3 Å². The second-order valence-corrected chi connectivity index (χ2v) is 11.4. The van der Waals surface area contributed by atoms with Crippen molar-refractivity contribution < 1.29 is 4.79 Å². The van der Waals surface area contributed by atoms with E-state index in [2.05, 4.69) is 95.1 Å². The number of hydrogen-bond donors (Lipinski definition) is 0. The number of thiophene rings is 1. The number of aromatic nitrogens is 2.